The van der Waals surface area contributed by atoms with Crippen molar-refractivity contribution in [1.82, 2.24) is 10.2 Å². The summed E-state index contributed by atoms with van der Waals surface area (Å²) in [6, 6.07) is 16.1. The van der Waals surface area contributed by atoms with Gasteiger partial charge in [0.15, 0.2) is 5.82 Å². The van der Waals surface area contributed by atoms with Gasteiger partial charge in [0, 0.05) is 10.2 Å². The van der Waals surface area contributed by atoms with Crippen LogP contribution in [0.3, 0.4) is 0 Å². The Morgan fingerprint density at radius 3 is 2.39 bits per heavy atom. The highest BCUT2D eigenvalue weighted by molar-refractivity contribution is 9.10. The molecule has 3 aromatic rings. The van der Waals surface area contributed by atoms with Crippen LogP contribution in [0.1, 0.15) is 10.4 Å². The number of hydrogen-bond donors (Lipinski definition) is 2. The third-order valence-corrected chi connectivity index (χ3v) is 4.93. The van der Waals surface area contributed by atoms with Gasteiger partial charge in [-0.1, -0.05) is 39.8 Å². The van der Waals surface area contributed by atoms with E-state index in [0.717, 1.165) is 4.47 Å². The Hall–Kier alpha value is -2.78. The number of thioether (sulfide) groups is 1. The van der Waals surface area contributed by atoms with E-state index in [-0.39, 0.29) is 23.0 Å². The zero-order valence-corrected chi connectivity index (χ0v) is 16.8. The second-order valence-electron chi connectivity index (χ2n) is 5.53. The maximum atomic E-state index is 13.6. The molecule has 0 bridgehead atoms. The Kier molecular flexibility index (Phi) is 6.72. The molecule has 2 aromatic carbocycles. The van der Waals surface area contributed by atoms with Crippen molar-refractivity contribution in [2.45, 2.75) is 5.03 Å². The van der Waals surface area contributed by atoms with Crippen molar-refractivity contribution in [2.75, 3.05) is 16.4 Å². The summed E-state index contributed by atoms with van der Waals surface area (Å²) < 4.78 is 14.5. The fourth-order valence-electron chi connectivity index (χ4n) is 2.16. The molecular weight excluding hydrogens is 447 g/mol. The largest absolute Gasteiger partial charge is 0.325 e. The lowest BCUT2D eigenvalue weighted by Crippen LogP contribution is -2.15. The monoisotopic (exact) mass is 460 g/mol. The lowest BCUT2D eigenvalue weighted by Gasteiger charge is -2.06. The molecule has 6 nitrogen and oxygen atoms in total. The van der Waals surface area contributed by atoms with Crippen LogP contribution in [0, 0.1) is 5.82 Å². The van der Waals surface area contributed by atoms with Gasteiger partial charge in [0.1, 0.15) is 10.8 Å². The van der Waals surface area contributed by atoms with Gasteiger partial charge in [-0.3, -0.25) is 9.59 Å². The number of nitrogens with zero attached hydrogens (tertiary/aromatic N) is 2. The predicted octanol–water partition coefficient (Wildman–Crippen LogP) is 4.36. The molecule has 0 aliphatic heterocycles. The van der Waals surface area contributed by atoms with Crippen molar-refractivity contribution in [3.8, 4) is 0 Å². The fraction of sp³-hybridized carbons (Fsp3) is 0.0526. The summed E-state index contributed by atoms with van der Waals surface area (Å²) >= 11 is 4.54. The van der Waals surface area contributed by atoms with Gasteiger partial charge in [0.25, 0.3) is 5.91 Å². The Labute approximate surface area is 173 Å². The van der Waals surface area contributed by atoms with Crippen LogP contribution in [0.25, 0.3) is 0 Å². The first-order valence-corrected chi connectivity index (χ1v) is 9.87. The number of halogens is 2. The quantitative estimate of drug-likeness (QED) is 0.533. The van der Waals surface area contributed by atoms with Crippen LogP contribution >= 0.6 is 27.7 Å². The molecule has 0 fully saturated rings. The summed E-state index contributed by atoms with van der Waals surface area (Å²) in [7, 11) is 0. The molecule has 0 atom stereocenters. The topological polar surface area (TPSA) is 84.0 Å². The Balaban J connectivity index is 1.51. The highest BCUT2D eigenvalue weighted by atomic mass is 79.9. The van der Waals surface area contributed by atoms with Gasteiger partial charge in [-0.2, -0.15) is 0 Å². The van der Waals surface area contributed by atoms with E-state index in [9.17, 15) is 14.0 Å². The molecule has 0 unspecified atom stereocenters. The molecule has 0 saturated carbocycles. The maximum absolute atomic E-state index is 13.6. The van der Waals surface area contributed by atoms with E-state index in [1.165, 1.54) is 30.0 Å². The highest BCUT2D eigenvalue weighted by Crippen LogP contribution is 2.18. The molecule has 1 aromatic heterocycles. The van der Waals surface area contributed by atoms with Gasteiger partial charge in [-0.15, -0.1) is 10.2 Å². The number of anilines is 2. The van der Waals surface area contributed by atoms with Crippen LogP contribution < -0.4 is 10.6 Å². The van der Waals surface area contributed by atoms with Crippen molar-refractivity contribution < 1.29 is 14.0 Å². The van der Waals surface area contributed by atoms with E-state index in [1.54, 1.807) is 30.3 Å². The summed E-state index contributed by atoms with van der Waals surface area (Å²) in [5, 5.41) is 13.6. The van der Waals surface area contributed by atoms with Gasteiger partial charge < -0.3 is 10.6 Å². The van der Waals surface area contributed by atoms with E-state index in [1.807, 2.05) is 12.1 Å². The minimum absolute atomic E-state index is 0.0765. The zero-order chi connectivity index (χ0) is 19.9. The van der Waals surface area contributed by atoms with Gasteiger partial charge in [-0.05, 0) is 48.5 Å². The average Bonchev–Trinajstić information content (AvgIpc) is 2.69. The number of rotatable bonds is 6. The van der Waals surface area contributed by atoms with Gasteiger partial charge in [-0.25, -0.2) is 4.39 Å². The molecule has 0 saturated heterocycles. The third kappa shape index (κ3) is 5.61. The Morgan fingerprint density at radius 2 is 1.71 bits per heavy atom. The number of nitrogens with one attached hydrogen (secondary N) is 2. The third-order valence-electron chi connectivity index (χ3n) is 3.48. The lowest BCUT2D eigenvalue weighted by atomic mass is 10.2. The summed E-state index contributed by atoms with van der Waals surface area (Å²) in [5.74, 6) is -1.05. The fourth-order valence-corrected chi connectivity index (χ4v) is 3.04. The summed E-state index contributed by atoms with van der Waals surface area (Å²) in [5.41, 5.74) is 0.624. The molecule has 9 heteroatoms. The van der Waals surface area contributed by atoms with E-state index in [0.29, 0.717) is 10.7 Å². The van der Waals surface area contributed by atoms with Crippen LogP contribution in [-0.4, -0.2) is 27.8 Å². The molecule has 2 N–H and O–H groups in total. The second-order valence-corrected chi connectivity index (χ2v) is 7.45. The van der Waals surface area contributed by atoms with Crippen LogP contribution in [0.4, 0.5) is 15.9 Å². The molecule has 28 heavy (non-hydrogen) atoms. The first-order valence-electron chi connectivity index (χ1n) is 8.09. The maximum Gasteiger partial charge on any atom is 0.259 e. The van der Waals surface area contributed by atoms with Crippen molar-refractivity contribution in [1.29, 1.82) is 0 Å². The summed E-state index contributed by atoms with van der Waals surface area (Å²) in [6.45, 7) is 0. The zero-order valence-electron chi connectivity index (χ0n) is 14.4. The smallest absolute Gasteiger partial charge is 0.259 e. The normalized spacial score (nSPS) is 10.4. The Morgan fingerprint density at radius 1 is 0.964 bits per heavy atom. The highest BCUT2D eigenvalue weighted by Gasteiger charge is 2.12. The molecule has 3 rings (SSSR count). The lowest BCUT2D eigenvalue weighted by molar-refractivity contribution is -0.113. The average molecular weight is 461 g/mol. The van der Waals surface area contributed by atoms with Crippen molar-refractivity contribution in [3.63, 3.8) is 0 Å². The molecular formula is C19H14BrFN4O2S. The van der Waals surface area contributed by atoms with Crippen LogP contribution in [0.5, 0.6) is 0 Å². The van der Waals surface area contributed by atoms with Gasteiger partial charge in [0.2, 0.25) is 5.91 Å². The first kappa shape index (κ1) is 20.0. The minimum Gasteiger partial charge on any atom is -0.325 e. The molecule has 0 spiro atoms. The number of benzene rings is 2. The van der Waals surface area contributed by atoms with Crippen molar-refractivity contribution in [3.05, 3.63) is 76.5 Å². The molecule has 0 aliphatic rings. The van der Waals surface area contributed by atoms with Crippen molar-refractivity contribution in [2.24, 2.45) is 0 Å². The van der Waals surface area contributed by atoms with E-state index in [4.69, 9.17) is 0 Å². The van der Waals surface area contributed by atoms with Crippen molar-refractivity contribution >= 4 is 51.0 Å². The van der Waals surface area contributed by atoms with E-state index >= 15 is 0 Å². The first-order chi connectivity index (χ1) is 13.5. The molecule has 2 amide bonds. The van der Waals surface area contributed by atoms with Crippen LogP contribution in [0.15, 0.2) is 70.2 Å². The minimum atomic E-state index is -0.614. The molecule has 0 aliphatic carbocycles. The number of hydrogen-bond acceptors (Lipinski definition) is 5. The number of amides is 2. The predicted molar refractivity (Wildman–Crippen MR) is 110 cm³/mol. The second kappa shape index (κ2) is 9.43. The molecule has 1 heterocycles. The summed E-state index contributed by atoms with van der Waals surface area (Å²) in [6.07, 6.45) is 0. The standard InChI is InChI=1S/C19H14BrFN4O2S/c20-12-5-7-13(8-6-12)22-17(26)11-28-18-10-9-16(24-25-18)23-19(27)14-3-1-2-4-15(14)21/h1-10H,11H2,(H,22,26)(H,23,24,27). The SMILES string of the molecule is O=C(CSc1ccc(NC(=O)c2ccccc2F)nn1)Nc1ccc(Br)cc1. The number of carbonyl (C=O) groups is 2. The number of carbonyl (C=O) groups excluding carboxylic acids is 2. The summed E-state index contributed by atoms with van der Waals surface area (Å²) in [4.78, 5) is 24.0. The molecule has 0 radical (unpaired) electrons. The molecule has 142 valence electrons. The number of aromatic nitrogens is 2. The van der Waals surface area contributed by atoms with Crippen LogP contribution in [0.2, 0.25) is 0 Å². The van der Waals surface area contributed by atoms with Gasteiger partial charge in [0.05, 0.1) is 11.3 Å². The van der Waals surface area contributed by atoms with Crippen LogP contribution in [-0.2, 0) is 4.79 Å². The van der Waals surface area contributed by atoms with E-state index in [2.05, 4.69) is 36.8 Å². The van der Waals surface area contributed by atoms with E-state index < -0.39 is 11.7 Å². The van der Waals surface area contributed by atoms with Gasteiger partial charge >= 0.3 is 0 Å². The Bertz CT molecular complexity index is 984.